The summed E-state index contributed by atoms with van der Waals surface area (Å²) in [6.45, 7) is 1.66. The first-order valence-electron chi connectivity index (χ1n) is 7.80. The summed E-state index contributed by atoms with van der Waals surface area (Å²) in [4.78, 5) is 0. The number of aliphatic hydroxyl groups is 1. The lowest BCUT2D eigenvalue weighted by atomic mass is 9.92. The van der Waals surface area contributed by atoms with Crippen molar-refractivity contribution in [2.75, 3.05) is 13.7 Å². The van der Waals surface area contributed by atoms with Crippen LogP contribution in [-0.2, 0) is 6.54 Å². The van der Waals surface area contributed by atoms with E-state index in [0.29, 0.717) is 0 Å². The summed E-state index contributed by atoms with van der Waals surface area (Å²) >= 11 is 0. The minimum Gasteiger partial charge on any atom is -0.497 e. The van der Waals surface area contributed by atoms with Gasteiger partial charge in [0.05, 0.1) is 13.2 Å². The number of methoxy groups -OCH3 is 1. The normalized spacial score (nSPS) is 17.0. The summed E-state index contributed by atoms with van der Waals surface area (Å²) in [5, 5.41) is 14.1. The average molecular weight is 297 g/mol. The quantitative estimate of drug-likeness (QED) is 0.824. The van der Waals surface area contributed by atoms with Crippen molar-refractivity contribution in [1.29, 1.82) is 0 Å². The molecule has 1 fully saturated rings. The highest BCUT2D eigenvalue weighted by molar-refractivity contribution is 5.27. The molecular formula is C19H23NO2. The molecule has 1 atom stereocenters. The van der Waals surface area contributed by atoms with Crippen LogP contribution in [0.1, 0.15) is 30.1 Å². The van der Waals surface area contributed by atoms with Gasteiger partial charge in [0.15, 0.2) is 0 Å². The van der Waals surface area contributed by atoms with Crippen molar-refractivity contribution in [3.8, 4) is 5.75 Å². The van der Waals surface area contributed by atoms with Gasteiger partial charge in [-0.1, -0.05) is 42.5 Å². The second-order valence-electron chi connectivity index (χ2n) is 6.13. The van der Waals surface area contributed by atoms with Gasteiger partial charge in [0.25, 0.3) is 0 Å². The van der Waals surface area contributed by atoms with E-state index in [1.54, 1.807) is 7.11 Å². The molecule has 1 aliphatic carbocycles. The molecule has 0 saturated heterocycles. The Hall–Kier alpha value is -1.84. The molecule has 0 heterocycles. The molecule has 1 aliphatic rings. The van der Waals surface area contributed by atoms with E-state index in [2.05, 4.69) is 17.4 Å². The van der Waals surface area contributed by atoms with Gasteiger partial charge in [-0.05, 0) is 36.1 Å². The van der Waals surface area contributed by atoms with Crippen LogP contribution in [0.15, 0.2) is 54.6 Å². The Morgan fingerprint density at radius 3 is 2.36 bits per heavy atom. The van der Waals surface area contributed by atoms with Crippen LogP contribution in [0.5, 0.6) is 5.75 Å². The lowest BCUT2D eigenvalue weighted by molar-refractivity contribution is 0.0917. The molecule has 0 aromatic heterocycles. The zero-order valence-electron chi connectivity index (χ0n) is 13.0. The van der Waals surface area contributed by atoms with E-state index < -0.39 is 0 Å². The zero-order chi connectivity index (χ0) is 15.4. The maximum absolute atomic E-state index is 10.6. The Bertz CT molecular complexity index is 591. The molecule has 2 aromatic carbocycles. The van der Waals surface area contributed by atoms with Gasteiger partial charge in [-0.15, -0.1) is 0 Å². The lowest BCUT2D eigenvalue weighted by Crippen LogP contribution is -2.28. The van der Waals surface area contributed by atoms with E-state index >= 15 is 0 Å². The monoisotopic (exact) mass is 297 g/mol. The molecule has 3 rings (SSSR count). The standard InChI is InChI=1S/C19H23NO2/c1-22-17-9-7-15(8-10-17)13-20-14-19(11-12-19)18(21)16-5-3-2-4-6-16/h2-10,18,20-21H,11-14H2,1H3. The lowest BCUT2D eigenvalue weighted by Gasteiger charge is -2.23. The second-order valence-corrected chi connectivity index (χ2v) is 6.13. The van der Waals surface area contributed by atoms with Crippen LogP contribution in [0.3, 0.4) is 0 Å². The Morgan fingerprint density at radius 1 is 1.09 bits per heavy atom. The Kier molecular flexibility index (Phi) is 4.46. The third-order valence-electron chi connectivity index (χ3n) is 4.55. The molecule has 0 spiro atoms. The average Bonchev–Trinajstić information content (AvgIpc) is 3.37. The molecule has 0 aliphatic heterocycles. The molecule has 0 bridgehead atoms. The molecule has 22 heavy (non-hydrogen) atoms. The summed E-state index contributed by atoms with van der Waals surface area (Å²) in [6, 6.07) is 18.1. The number of benzene rings is 2. The molecule has 1 unspecified atom stereocenters. The topological polar surface area (TPSA) is 41.5 Å². The van der Waals surface area contributed by atoms with Crippen LogP contribution >= 0.6 is 0 Å². The van der Waals surface area contributed by atoms with Gasteiger partial charge in [-0.2, -0.15) is 0 Å². The second kappa shape index (κ2) is 6.51. The predicted octanol–water partition coefficient (Wildman–Crippen LogP) is 3.30. The first-order chi connectivity index (χ1) is 10.7. The van der Waals surface area contributed by atoms with Crippen LogP contribution in [0.2, 0.25) is 0 Å². The molecule has 116 valence electrons. The minimum absolute atomic E-state index is 0.00776. The van der Waals surface area contributed by atoms with E-state index in [1.165, 1.54) is 5.56 Å². The van der Waals surface area contributed by atoms with Crippen molar-refractivity contribution >= 4 is 0 Å². The maximum Gasteiger partial charge on any atom is 0.118 e. The van der Waals surface area contributed by atoms with Crippen molar-refractivity contribution in [2.24, 2.45) is 5.41 Å². The summed E-state index contributed by atoms with van der Waals surface area (Å²) in [5.41, 5.74) is 2.26. The molecule has 0 radical (unpaired) electrons. The van der Waals surface area contributed by atoms with E-state index in [1.807, 2.05) is 42.5 Å². The Morgan fingerprint density at radius 2 is 1.77 bits per heavy atom. The van der Waals surface area contributed by atoms with Crippen LogP contribution in [0, 0.1) is 5.41 Å². The Balaban J connectivity index is 1.54. The summed E-state index contributed by atoms with van der Waals surface area (Å²) < 4.78 is 5.16. The molecule has 3 nitrogen and oxygen atoms in total. The minimum atomic E-state index is -0.378. The number of ether oxygens (including phenoxy) is 1. The van der Waals surface area contributed by atoms with Crippen LogP contribution in [0.4, 0.5) is 0 Å². The predicted molar refractivity (Wildman–Crippen MR) is 87.8 cm³/mol. The number of hydrogen-bond acceptors (Lipinski definition) is 3. The van der Waals surface area contributed by atoms with Crippen LogP contribution < -0.4 is 10.1 Å². The molecular weight excluding hydrogens is 274 g/mol. The largest absolute Gasteiger partial charge is 0.497 e. The zero-order valence-corrected chi connectivity index (χ0v) is 13.0. The van der Waals surface area contributed by atoms with Gasteiger partial charge < -0.3 is 15.2 Å². The Labute approximate surface area is 131 Å². The summed E-state index contributed by atoms with van der Waals surface area (Å²) in [7, 11) is 1.68. The van der Waals surface area contributed by atoms with Gasteiger partial charge in [-0.3, -0.25) is 0 Å². The van der Waals surface area contributed by atoms with Gasteiger partial charge in [0, 0.05) is 18.5 Å². The fourth-order valence-corrected chi connectivity index (χ4v) is 2.90. The fourth-order valence-electron chi connectivity index (χ4n) is 2.90. The maximum atomic E-state index is 10.6. The van der Waals surface area contributed by atoms with Crippen molar-refractivity contribution in [2.45, 2.75) is 25.5 Å². The first kappa shape index (κ1) is 15.1. The molecule has 3 heteroatoms. The number of rotatable bonds is 7. The third-order valence-corrected chi connectivity index (χ3v) is 4.55. The van der Waals surface area contributed by atoms with E-state index in [0.717, 1.165) is 37.2 Å². The van der Waals surface area contributed by atoms with E-state index in [4.69, 9.17) is 4.74 Å². The van der Waals surface area contributed by atoms with Crippen molar-refractivity contribution < 1.29 is 9.84 Å². The van der Waals surface area contributed by atoms with Crippen molar-refractivity contribution in [1.82, 2.24) is 5.32 Å². The van der Waals surface area contributed by atoms with Gasteiger partial charge in [0.1, 0.15) is 5.75 Å². The summed E-state index contributed by atoms with van der Waals surface area (Å²) in [6.07, 6.45) is 1.79. The molecule has 2 aromatic rings. The highest BCUT2D eigenvalue weighted by atomic mass is 16.5. The summed E-state index contributed by atoms with van der Waals surface area (Å²) in [5.74, 6) is 0.877. The molecule has 2 N–H and O–H groups in total. The highest BCUT2D eigenvalue weighted by Crippen LogP contribution is 2.54. The van der Waals surface area contributed by atoms with Gasteiger partial charge in [0.2, 0.25) is 0 Å². The number of hydrogen-bond donors (Lipinski definition) is 2. The third kappa shape index (κ3) is 3.32. The van der Waals surface area contributed by atoms with E-state index in [9.17, 15) is 5.11 Å². The van der Waals surface area contributed by atoms with Gasteiger partial charge in [-0.25, -0.2) is 0 Å². The van der Waals surface area contributed by atoms with Crippen LogP contribution in [-0.4, -0.2) is 18.8 Å². The highest BCUT2D eigenvalue weighted by Gasteiger charge is 2.48. The van der Waals surface area contributed by atoms with Gasteiger partial charge >= 0.3 is 0 Å². The number of aliphatic hydroxyl groups excluding tert-OH is 1. The fraction of sp³-hybridized carbons (Fsp3) is 0.368. The first-order valence-corrected chi connectivity index (χ1v) is 7.80. The van der Waals surface area contributed by atoms with Crippen molar-refractivity contribution in [3.05, 3.63) is 65.7 Å². The van der Waals surface area contributed by atoms with Crippen molar-refractivity contribution in [3.63, 3.8) is 0 Å². The molecule has 1 saturated carbocycles. The smallest absolute Gasteiger partial charge is 0.118 e. The van der Waals surface area contributed by atoms with E-state index in [-0.39, 0.29) is 11.5 Å². The SMILES string of the molecule is COc1ccc(CNCC2(C(O)c3ccccc3)CC2)cc1. The molecule has 0 amide bonds. The number of nitrogens with one attached hydrogen (secondary N) is 1. The van der Waals surface area contributed by atoms with Crippen LogP contribution in [0.25, 0.3) is 0 Å².